The molecule has 4 nitrogen and oxygen atoms in total. The molecule has 0 saturated carbocycles. The van der Waals surface area contributed by atoms with Crippen LogP contribution in [0.5, 0.6) is 0 Å². The smallest absolute Gasteiger partial charge is 0.202 e. The second-order valence-corrected chi connectivity index (χ2v) is 4.85. The third-order valence-corrected chi connectivity index (χ3v) is 3.48. The van der Waals surface area contributed by atoms with Gasteiger partial charge in [-0.1, -0.05) is 0 Å². The highest BCUT2D eigenvalue weighted by Crippen LogP contribution is 2.27. The summed E-state index contributed by atoms with van der Waals surface area (Å²) in [4.78, 5) is 11.0. The van der Waals surface area contributed by atoms with Crippen LogP contribution in [0, 0.1) is 6.92 Å². The highest BCUT2D eigenvalue weighted by molar-refractivity contribution is 7.18. The molecule has 5 heteroatoms. The van der Waals surface area contributed by atoms with E-state index >= 15 is 0 Å². The molecule has 0 saturated heterocycles. The first kappa shape index (κ1) is 8.67. The maximum Gasteiger partial charge on any atom is 0.202 e. The number of nitrogens with two attached hydrogens (primary N) is 1. The number of nitrogen functional groups attached to an aromatic ring is 1. The van der Waals surface area contributed by atoms with Crippen molar-refractivity contribution >= 4 is 38.7 Å². The summed E-state index contributed by atoms with van der Waals surface area (Å²) >= 11 is 1.68. The molecule has 0 atom stereocenters. The highest BCUT2D eigenvalue weighted by Gasteiger charge is 2.09. The van der Waals surface area contributed by atoms with Gasteiger partial charge in [0.05, 0.1) is 5.52 Å². The van der Waals surface area contributed by atoms with E-state index in [-0.39, 0.29) is 0 Å². The van der Waals surface area contributed by atoms with E-state index < -0.39 is 0 Å². The molecule has 0 radical (unpaired) electrons. The summed E-state index contributed by atoms with van der Waals surface area (Å²) in [6.45, 7) is 2.08. The van der Waals surface area contributed by atoms with Gasteiger partial charge in [0.15, 0.2) is 5.65 Å². The van der Waals surface area contributed by atoms with Gasteiger partial charge in [-0.25, -0.2) is 4.98 Å². The predicted molar refractivity (Wildman–Crippen MR) is 63.0 cm³/mol. The minimum Gasteiger partial charge on any atom is -0.369 e. The third-order valence-electron chi connectivity index (χ3n) is 2.52. The minimum atomic E-state index is 0.506. The van der Waals surface area contributed by atoms with E-state index in [1.807, 2.05) is 11.6 Å². The van der Waals surface area contributed by atoms with E-state index in [1.165, 1.54) is 4.88 Å². The van der Waals surface area contributed by atoms with Crippen LogP contribution in [0.4, 0.5) is 5.95 Å². The lowest BCUT2D eigenvalue weighted by molar-refractivity contribution is 0.966. The SMILES string of the molecule is Cc1cc2cc3c(nc(N)n3C)nc2s1. The molecule has 15 heavy (non-hydrogen) atoms. The van der Waals surface area contributed by atoms with Crippen molar-refractivity contribution in [3.63, 3.8) is 0 Å². The lowest BCUT2D eigenvalue weighted by atomic mass is 10.3. The molecule has 0 spiro atoms. The van der Waals surface area contributed by atoms with Crippen molar-refractivity contribution in [3.05, 3.63) is 17.0 Å². The van der Waals surface area contributed by atoms with Crippen LogP contribution < -0.4 is 5.73 Å². The molecule has 0 aliphatic carbocycles. The Hall–Kier alpha value is -1.62. The highest BCUT2D eigenvalue weighted by atomic mass is 32.1. The first-order valence-corrected chi connectivity index (χ1v) is 5.46. The number of hydrogen-bond donors (Lipinski definition) is 1. The number of aryl methyl sites for hydroxylation is 2. The molecule has 0 aromatic carbocycles. The van der Waals surface area contributed by atoms with Crippen LogP contribution in [0.15, 0.2) is 12.1 Å². The zero-order chi connectivity index (χ0) is 10.6. The molecule has 0 aliphatic heterocycles. The quantitative estimate of drug-likeness (QED) is 0.628. The Balaban J connectivity index is 2.51. The summed E-state index contributed by atoms with van der Waals surface area (Å²) < 4.78 is 1.86. The van der Waals surface area contributed by atoms with Crippen molar-refractivity contribution in [1.29, 1.82) is 0 Å². The Kier molecular flexibility index (Phi) is 1.56. The van der Waals surface area contributed by atoms with Crippen molar-refractivity contribution in [2.75, 3.05) is 5.73 Å². The van der Waals surface area contributed by atoms with Crippen molar-refractivity contribution in [2.24, 2.45) is 7.05 Å². The van der Waals surface area contributed by atoms with Crippen LogP contribution in [-0.2, 0) is 7.05 Å². The van der Waals surface area contributed by atoms with Crippen molar-refractivity contribution in [1.82, 2.24) is 14.5 Å². The summed E-state index contributed by atoms with van der Waals surface area (Å²) in [5, 5.41) is 1.16. The lowest BCUT2D eigenvalue weighted by Crippen LogP contribution is -1.95. The van der Waals surface area contributed by atoms with Crippen LogP contribution in [0.2, 0.25) is 0 Å². The average Bonchev–Trinajstić information content (AvgIpc) is 2.65. The standard InChI is InChI=1S/C10H10N4S/c1-5-3-6-4-7-8(12-9(6)15-5)13-10(11)14(7)2/h3-4H,1-2H3,(H2,11,12,13). The Labute approximate surface area is 90.4 Å². The van der Waals surface area contributed by atoms with Crippen LogP contribution >= 0.6 is 11.3 Å². The monoisotopic (exact) mass is 218 g/mol. The Morgan fingerprint density at radius 2 is 2.13 bits per heavy atom. The first-order valence-electron chi connectivity index (χ1n) is 4.64. The van der Waals surface area contributed by atoms with Crippen LogP contribution in [0.25, 0.3) is 21.4 Å². The van der Waals surface area contributed by atoms with Gasteiger partial charge in [-0.2, -0.15) is 4.98 Å². The molecule has 3 aromatic heterocycles. The molecule has 3 rings (SSSR count). The molecule has 3 heterocycles. The molecule has 2 N–H and O–H groups in total. The number of nitrogens with zero attached hydrogens (tertiary/aromatic N) is 3. The van der Waals surface area contributed by atoms with Gasteiger partial charge >= 0.3 is 0 Å². The molecule has 0 bridgehead atoms. The van der Waals surface area contributed by atoms with Gasteiger partial charge in [0, 0.05) is 17.3 Å². The van der Waals surface area contributed by atoms with Crippen molar-refractivity contribution in [2.45, 2.75) is 6.92 Å². The van der Waals surface area contributed by atoms with Gasteiger partial charge in [-0.3, -0.25) is 0 Å². The Morgan fingerprint density at radius 3 is 2.93 bits per heavy atom. The number of rotatable bonds is 0. The maximum atomic E-state index is 5.73. The van der Waals surface area contributed by atoms with E-state index in [1.54, 1.807) is 11.3 Å². The fourth-order valence-corrected chi connectivity index (χ4v) is 2.57. The molecule has 0 aliphatic rings. The number of anilines is 1. The molecule has 0 amide bonds. The number of hydrogen-bond acceptors (Lipinski definition) is 4. The summed E-state index contributed by atoms with van der Waals surface area (Å²) in [6, 6.07) is 4.22. The number of imidazole rings is 1. The zero-order valence-corrected chi connectivity index (χ0v) is 9.30. The summed E-state index contributed by atoms with van der Waals surface area (Å²) in [7, 11) is 1.90. The molecular formula is C10H10N4S. The van der Waals surface area contributed by atoms with Gasteiger partial charge in [-0.05, 0) is 19.1 Å². The van der Waals surface area contributed by atoms with Gasteiger partial charge in [0.25, 0.3) is 0 Å². The van der Waals surface area contributed by atoms with Crippen molar-refractivity contribution < 1.29 is 0 Å². The maximum absolute atomic E-state index is 5.73. The van der Waals surface area contributed by atoms with Gasteiger partial charge < -0.3 is 10.3 Å². The lowest BCUT2D eigenvalue weighted by Gasteiger charge is -1.94. The van der Waals surface area contributed by atoms with E-state index in [0.717, 1.165) is 21.4 Å². The number of thiophene rings is 1. The van der Waals surface area contributed by atoms with Crippen LogP contribution in [-0.4, -0.2) is 14.5 Å². The molecule has 3 aromatic rings. The van der Waals surface area contributed by atoms with E-state index in [9.17, 15) is 0 Å². The van der Waals surface area contributed by atoms with Crippen LogP contribution in [0.1, 0.15) is 4.88 Å². The second kappa shape index (κ2) is 2.70. The van der Waals surface area contributed by atoms with Gasteiger partial charge in [0.1, 0.15) is 4.83 Å². The normalized spacial score (nSPS) is 11.6. The number of fused-ring (bicyclic) bond motifs is 2. The van der Waals surface area contributed by atoms with E-state index in [0.29, 0.717) is 5.95 Å². The van der Waals surface area contributed by atoms with Gasteiger partial charge in [-0.15, -0.1) is 11.3 Å². The topological polar surface area (TPSA) is 56.7 Å². The summed E-state index contributed by atoms with van der Waals surface area (Å²) in [5.74, 6) is 0.506. The zero-order valence-electron chi connectivity index (χ0n) is 8.48. The second-order valence-electron chi connectivity index (χ2n) is 3.61. The fraction of sp³-hybridized carbons (Fsp3) is 0.200. The summed E-state index contributed by atoms with van der Waals surface area (Å²) in [6.07, 6.45) is 0. The van der Waals surface area contributed by atoms with Crippen molar-refractivity contribution in [3.8, 4) is 0 Å². The first-order chi connectivity index (χ1) is 7.15. The number of pyridine rings is 1. The molecular weight excluding hydrogens is 208 g/mol. The predicted octanol–water partition coefficient (Wildman–Crippen LogP) is 2.07. The van der Waals surface area contributed by atoms with E-state index in [4.69, 9.17) is 5.73 Å². The third kappa shape index (κ3) is 1.13. The molecule has 76 valence electrons. The Morgan fingerprint density at radius 1 is 1.33 bits per heavy atom. The fourth-order valence-electron chi connectivity index (χ4n) is 1.71. The van der Waals surface area contributed by atoms with E-state index in [2.05, 4.69) is 29.0 Å². The largest absolute Gasteiger partial charge is 0.369 e. The van der Waals surface area contributed by atoms with Gasteiger partial charge in [0.2, 0.25) is 5.95 Å². The van der Waals surface area contributed by atoms with Crippen LogP contribution in [0.3, 0.4) is 0 Å². The molecule has 0 unspecified atom stereocenters. The molecule has 0 fully saturated rings. The number of aromatic nitrogens is 3. The summed E-state index contributed by atoms with van der Waals surface area (Å²) in [5.41, 5.74) is 7.44. The average molecular weight is 218 g/mol. The minimum absolute atomic E-state index is 0.506. The Bertz CT molecular complexity index is 665.